The SMILES string of the molecule is CC(=O)NNC(=O)c1ccccc1NC(=O)c1cccn1C. The molecule has 0 atom stereocenters. The normalized spacial score (nSPS) is 9.91. The molecule has 2 rings (SSSR count). The molecule has 1 aromatic carbocycles. The summed E-state index contributed by atoms with van der Waals surface area (Å²) < 4.78 is 1.68. The summed E-state index contributed by atoms with van der Waals surface area (Å²) in [7, 11) is 1.75. The van der Waals surface area contributed by atoms with Crippen LogP contribution in [0, 0.1) is 0 Å². The maximum atomic E-state index is 12.2. The van der Waals surface area contributed by atoms with Gasteiger partial charge < -0.3 is 9.88 Å². The quantitative estimate of drug-likeness (QED) is 0.740. The Morgan fingerprint density at radius 1 is 0.955 bits per heavy atom. The van der Waals surface area contributed by atoms with E-state index in [-0.39, 0.29) is 11.5 Å². The van der Waals surface area contributed by atoms with Crippen LogP contribution in [0.25, 0.3) is 0 Å². The number of hydrogen-bond acceptors (Lipinski definition) is 3. The predicted octanol–water partition coefficient (Wildman–Crippen LogP) is 1.06. The van der Waals surface area contributed by atoms with Crippen molar-refractivity contribution in [2.24, 2.45) is 7.05 Å². The number of hydrogen-bond donors (Lipinski definition) is 3. The lowest BCUT2D eigenvalue weighted by atomic mass is 10.1. The van der Waals surface area contributed by atoms with Crippen molar-refractivity contribution < 1.29 is 14.4 Å². The second-order valence-electron chi connectivity index (χ2n) is 4.64. The third-order valence-electron chi connectivity index (χ3n) is 2.95. The van der Waals surface area contributed by atoms with Gasteiger partial charge in [0.1, 0.15) is 5.69 Å². The summed E-state index contributed by atoms with van der Waals surface area (Å²) in [6, 6.07) is 9.97. The van der Waals surface area contributed by atoms with Crippen LogP contribution < -0.4 is 16.2 Å². The molecule has 0 saturated carbocycles. The second kappa shape index (κ2) is 6.57. The first kappa shape index (κ1) is 15.3. The molecule has 0 aliphatic rings. The molecule has 0 unspecified atom stereocenters. The molecule has 22 heavy (non-hydrogen) atoms. The van der Waals surface area contributed by atoms with Crippen LogP contribution in [0.5, 0.6) is 0 Å². The zero-order valence-corrected chi connectivity index (χ0v) is 12.2. The molecule has 7 nitrogen and oxygen atoms in total. The molecular formula is C15H16N4O3. The van der Waals surface area contributed by atoms with E-state index in [9.17, 15) is 14.4 Å². The molecule has 1 aromatic heterocycles. The fourth-order valence-electron chi connectivity index (χ4n) is 1.89. The number of aryl methyl sites for hydroxylation is 1. The van der Waals surface area contributed by atoms with E-state index < -0.39 is 11.8 Å². The largest absolute Gasteiger partial charge is 0.347 e. The van der Waals surface area contributed by atoms with Gasteiger partial charge in [-0.1, -0.05) is 12.1 Å². The van der Waals surface area contributed by atoms with Crippen LogP contribution in [0.1, 0.15) is 27.8 Å². The van der Waals surface area contributed by atoms with Crippen LogP contribution in [0.3, 0.4) is 0 Å². The van der Waals surface area contributed by atoms with Gasteiger partial charge in [-0.3, -0.25) is 25.2 Å². The van der Waals surface area contributed by atoms with E-state index in [0.29, 0.717) is 11.4 Å². The lowest BCUT2D eigenvalue weighted by Crippen LogP contribution is -2.40. The maximum absolute atomic E-state index is 12.2. The van der Waals surface area contributed by atoms with Crippen molar-refractivity contribution in [2.75, 3.05) is 5.32 Å². The van der Waals surface area contributed by atoms with E-state index in [2.05, 4.69) is 16.2 Å². The molecule has 1 heterocycles. The molecule has 0 bridgehead atoms. The summed E-state index contributed by atoms with van der Waals surface area (Å²) in [4.78, 5) is 35.1. The molecule has 3 amide bonds. The van der Waals surface area contributed by atoms with E-state index in [1.54, 1.807) is 54.2 Å². The van der Waals surface area contributed by atoms with Crippen molar-refractivity contribution in [3.05, 3.63) is 53.9 Å². The minimum absolute atomic E-state index is 0.249. The summed E-state index contributed by atoms with van der Waals surface area (Å²) in [5.41, 5.74) is 5.55. The van der Waals surface area contributed by atoms with E-state index >= 15 is 0 Å². The maximum Gasteiger partial charge on any atom is 0.272 e. The van der Waals surface area contributed by atoms with Crippen LogP contribution in [-0.4, -0.2) is 22.3 Å². The number of amides is 3. The van der Waals surface area contributed by atoms with Gasteiger partial charge in [-0.2, -0.15) is 0 Å². The zero-order valence-electron chi connectivity index (χ0n) is 12.2. The summed E-state index contributed by atoms with van der Waals surface area (Å²) >= 11 is 0. The smallest absolute Gasteiger partial charge is 0.272 e. The Morgan fingerprint density at radius 3 is 2.32 bits per heavy atom. The minimum Gasteiger partial charge on any atom is -0.347 e. The Labute approximate surface area is 127 Å². The summed E-state index contributed by atoms with van der Waals surface area (Å²) in [5, 5.41) is 2.69. The van der Waals surface area contributed by atoms with E-state index in [1.165, 1.54) is 6.92 Å². The van der Waals surface area contributed by atoms with Crippen LogP contribution in [-0.2, 0) is 11.8 Å². The summed E-state index contributed by atoms with van der Waals surface area (Å²) in [6.45, 7) is 1.28. The highest BCUT2D eigenvalue weighted by Gasteiger charge is 2.15. The zero-order chi connectivity index (χ0) is 16.1. The van der Waals surface area contributed by atoms with Gasteiger partial charge in [-0.25, -0.2) is 0 Å². The lowest BCUT2D eigenvalue weighted by molar-refractivity contribution is -0.119. The number of para-hydroxylation sites is 1. The molecule has 2 aromatic rings. The number of nitrogens with one attached hydrogen (secondary N) is 3. The van der Waals surface area contributed by atoms with Crippen LogP contribution >= 0.6 is 0 Å². The monoisotopic (exact) mass is 300 g/mol. The number of hydrazine groups is 1. The third-order valence-corrected chi connectivity index (χ3v) is 2.95. The lowest BCUT2D eigenvalue weighted by Gasteiger charge is -2.11. The van der Waals surface area contributed by atoms with Gasteiger partial charge in [-0.05, 0) is 24.3 Å². The molecule has 7 heteroatoms. The van der Waals surface area contributed by atoms with Gasteiger partial charge in [-0.15, -0.1) is 0 Å². The van der Waals surface area contributed by atoms with Crippen molar-refractivity contribution >= 4 is 23.4 Å². The first-order valence-electron chi connectivity index (χ1n) is 6.57. The Kier molecular flexibility index (Phi) is 4.57. The second-order valence-corrected chi connectivity index (χ2v) is 4.64. The molecule has 0 saturated heterocycles. The first-order valence-corrected chi connectivity index (χ1v) is 6.57. The van der Waals surface area contributed by atoms with E-state index in [4.69, 9.17) is 0 Å². The van der Waals surface area contributed by atoms with Crippen LogP contribution in [0.15, 0.2) is 42.6 Å². The number of carbonyl (C=O) groups excluding carboxylic acids is 3. The number of anilines is 1. The number of nitrogens with zero attached hydrogens (tertiary/aromatic N) is 1. The number of aromatic nitrogens is 1. The number of carbonyl (C=O) groups is 3. The first-order chi connectivity index (χ1) is 10.5. The fourth-order valence-corrected chi connectivity index (χ4v) is 1.89. The van der Waals surface area contributed by atoms with Gasteiger partial charge in [0.15, 0.2) is 0 Å². The average Bonchev–Trinajstić information content (AvgIpc) is 2.91. The molecule has 0 spiro atoms. The van der Waals surface area contributed by atoms with Crippen molar-refractivity contribution in [3.8, 4) is 0 Å². The van der Waals surface area contributed by atoms with Gasteiger partial charge in [0.05, 0.1) is 11.3 Å². The summed E-state index contributed by atoms with van der Waals surface area (Å²) in [6.07, 6.45) is 1.75. The van der Waals surface area contributed by atoms with Crippen LogP contribution in [0.2, 0.25) is 0 Å². The van der Waals surface area contributed by atoms with E-state index in [1.807, 2.05) is 0 Å². The Balaban J connectivity index is 2.18. The molecule has 0 radical (unpaired) electrons. The van der Waals surface area contributed by atoms with Gasteiger partial charge in [0.2, 0.25) is 5.91 Å². The standard InChI is InChI=1S/C15H16N4O3/c1-10(20)17-18-14(21)11-6-3-4-7-12(11)16-15(22)13-8-5-9-19(13)2/h3-9H,1-2H3,(H,16,22)(H,17,20)(H,18,21). The molecule has 0 fully saturated rings. The fraction of sp³-hybridized carbons (Fsp3) is 0.133. The number of benzene rings is 1. The van der Waals surface area contributed by atoms with Crippen LogP contribution in [0.4, 0.5) is 5.69 Å². The topological polar surface area (TPSA) is 92.2 Å². The highest BCUT2D eigenvalue weighted by molar-refractivity contribution is 6.08. The average molecular weight is 300 g/mol. The third kappa shape index (κ3) is 3.51. The van der Waals surface area contributed by atoms with Crippen molar-refractivity contribution in [3.63, 3.8) is 0 Å². The van der Waals surface area contributed by atoms with Crippen molar-refractivity contribution in [1.29, 1.82) is 0 Å². The van der Waals surface area contributed by atoms with Crippen molar-refractivity contribution in [1.82, 2.24) is 15.4 Å². The molecule has 114 valence electrons. The highest BCUT2D eigenvalue weighted by atomic mass is 16.2. The molecular weight excluding hydrogens is 284 g/mol. The van der Waals surface area contributed by atoms with Crippen molar-refractivity contribution in [2.45, 2.75) is 6.92 Å². The van der Waals surface area contributed by atoms with Gasteiger partial charge in [0, 0.05) is 20.2 Å². The van der Waals surface area contributed by atoms with E-state index in [0.717, 1.165) is 0 Å². The Morgan fingerprint density at radius 2 is 1.68 bits per heavy atom. The van der Waals surface area contributed by atoms with Gasteiger partial charge >= 0.3 is 0 Å². The summed E-state index contributed by atoms with van der Waals surface area (Å²) in [5.74, 6) is -1.23. The highest BCUT2D eigenvalue weighted by Crippen LogP contribution is 2.16. The Bertz CT molecular complexity index is 721. The Hall–Kier alpha value is -3.09. The minimum atomic E-state index is -0.516. The molecule has 0 aliphatic heterocycles. The molecule has 3 N–H and O–H groups in total. The number of rotatable bonds is 3. The molecule has 0 aliphatic carbocycles. The predicted molar refractivity (Wildman–Crippen MR) is 81.1 cm³/mol. The van der Waals surface area contributed by atoms with Gasteiger partial charge in [0.25, 0.3) is 11.8 Å².